The third-order valence-corrected chi connectivity index (χ3v) is 5.21. The van der Waals surface area contributed by atoms with E-state index >= 15 is 0 Å². The van der Waals surface area contributed by atoms with Gasteiger partial charge >= 0.3 is 0 Å². The lowest BCUT2D eigenvalue weighted by Crippen LogP contribution is -2.35. The van der Waals surface area contributed by atoms with Crippen molar-refractivity contribution < 1.29 is 0 Å². The van der Waals surface area contributed by atoms with Gasteiger partial charge in [-0.25, -0.2) is 9.97 Å². The van der Waals surface area contributed by atoms with Crippen molar-refractivity contribution in [2.24, 2.45) is 0 Å². The number of nitrogens with two attached hydrogens (primary N) is 1. The molecule has 2 aromatic heterocycles. The Bertz CT molecular complexity index is 1200. The molecule has 0 atom stereocenters. The Morgan fingerprint density at radius 2 is 1.76 bits per heavy atom. The fourth-order valence-electron chi connectivity index (χ4n) is 3.71. The summed E-state index contributed by atoms with van der Waals surface area (Å²) >= 11 is 0. The Hall–Kier alpha value is -2.92. The zero-order chi connectivity index (χ0) is 20.8. The van der Waals surface area contributed by atoms with Gasteiger partial charge in [-0.15, -0.1) is 0 Å². The summed E-state index contributed by atoms with van der Waals surface area (Å²) in [5.74, 6) is 1.43. The first-order chi connectivity index (χ1) is 13.7. The number of rotatable bonds is 4. The fourth-order valence-corrected chi connectivity index (χ4v) is 3.71. The number of anilines is 1. The van der Waals surface area contributed by atoms with Gasteiger partial charge in [0, 0.05) is 24.0 Å². The van der Waals surface area contributed by atoms with E-state index in [0.29, 0.717) is 5.82 Å². The van der Waals surface area contributed by atoms with E-state index in [4.69, 9.17) is 10.7 Å². The van der Waals surface area contributed by atoms with Crippen molar-refractivity contribution in [3.05, 3.63) is 65.0 Å². The van der Waals surface area contributed by atoms with Gasteiger partial charge in [-0.2, -0.15) is 0 Å². The molecule has 3 N–H and O–H groups in total. The van der Waals surface area contributed by atoms with Crippen LogP contribution in [0.15, 0.2) is 42.5 Å². The highest BCUT2D eigenvalue weighted by molar-refractivity contribution is 6.06. The Balaban J connectivity index is 1.77. The van der Waals surface area contributed by atoms with E-state index in [-0.39, 0.29) is 5.54 Å². The number of hydrogen-bond acceptors (Lipinski definition) is 4. The van der Waals surface area contributed by atoms with E-state index in [1.54, 1.807) is 0 Å². The molecule has 0 aliphatic heterocycles. The summed E-state index contributed by atoms with van der Waals surface area (Å²) < 4.78 is 2.25. The molecule has 2 aromatic carbocycles. The maximum absolute atomic E-state index is 6.26. The van der Waals surface area contributed by atoms with Crippen LogP contribution in [-0.4, -0.2) is 20.1 Å². The van der Waals surface area contributed by atoms with Crippen LogP contribution in [0.3, 0.4) is 0 Å². The molecule has 0 bridgehead atoms. The number of fused-ring (bicyclic) bond motifs is 3. The first kappa shape index (κ1) is 19.4. The molecule has 5 nitrogen and oxygen atoms in total. The van der Waals surface area contributed by atoms with Crippen molar-refractivity contribution in [2.75, 3.05) is 5.73 Å². The van der Waals surface area contributed by atoms with Crippen molar-refractivity contribution in [1.29, 1.82) is 0 Å². The minimum absolute atomic E-state index is 0.0920. The number of nitrogens with one attached hydrogen (secondary N) is 1. The number of nitrogens with zero attached hydrogens (tertiary/aromatic N) is 3. The van der Waals surface area contributed by atoms with Crippen LogP contribution >= 0.6 is 0 Å². The molecule has 0 fully saturated rings. The van der Waals surface area contributed by atoms with Crippen molar-refractivity contribution >= 4 is 27.8 Å². The summed E-state index contributed by atoms with van der Waals surface area (Å²) in [4.78, 5) is 9.32. The molecule has 4 rings (SSSR count). The van der Waals surface area contributed by atoms with Crippen LogP contribution < -0.4 is 11.1 Å². The van der Waals surface area contributed by atoms with Crippen molar-refractivity contribution in [3.63, 3.8) is 0 Å². The van der Waals surface area contributed by atoms with Gasteiger partial charge in [0.25, 0.3) is 0 Å². The van der Waals surface area contributed by atoms with E-state index in [1.165, 1.54) is 16.7 Å². The predicted octanol–water partition coefficient (Wildman–Crippen LogP) is 4.72. The second-order valence-electron chi connectivity index (χ2n) is 8.88. The summed E-state index contributed by atoms with van der Waals surface area (Å²) in [6.45, 7) is 12.2. The van der Waals surface area contributed by atoms with Crippen LogP contribution in [0.1, 0.15) is 43.3 Å². The maximum atomic E-state index is 6.26. The standard InChI is InChI=1S/C24H29N5/c1-15-9-10-19-20(11-15)28-23(25)21-22(19)29(16(2)27-21)14-18-8-6-7-17(12-18)13-26-24(3,4)5/h6-12,26H,13-14H2,1-5H3,(H2,25,28). The minimum atomic E-state index is 0.0920. The second-order valence-corrected chi connectivity index (χ2v) is 8.88. The summed E-state index contributed by atoms with van der Waals surface area (Å²) in [5.41, 5.74) is 12.8. The fraction of sp³-hybridized carbons (Fsp3) is 0.333. The SMILES string of the molecule is Cc1ccc2c(c1)nc(N)c1nc(C)n(Cc3cccc(CNC(C)(C)C)c3)c12. The normalized spacial score (nSPS) is 12.2. The molecule has 0 saturated carbocycles. The quantitative estimate of drug-likeness (QED) is 0.532. The number of pyridine rings is 1. The number of imidazole rings is 1. The molecule has 29 heavy (non-hydrogen) atoms. The number of aromatic nitrogens is 3. The van der Waals surface area contributed by atoms with E-state index in [0.717, 1.165) is 40.9 Å². The predicted molar refractivity (Wildman–Crippen MR) is 121 cm³/mol. The van der Waals surface area contributed by atoms with Gasteiger partial charge in [0.05, 0.1) is 11.0 Å². The smallest absolute Gasteiger partial charge is 0.152 e. The zero-order valence-electron chi connectivity index (χ0n) is 17.9. The highest BCUT2D eigenvalue weighted by Gasteiger charge is 2.16. The molecular weight excluding hydrogens is 358 g/mol. The Labute approximate surface area is 172 Å². The van der Waals surface area contributed by atoms with Crippen molar-refractivity contribution in [2.45, 2.75) is 53.2 Å². The van der Waals surface area contributed by atoms with Crippen molar-refractivity contribution in [3.8, 4) is 0 Å². The van der Waals surface area contributed by atoms with Crippen LogP contribution in [0, 0.1) is 13.8 Å². The molecule has 0 saturated heterocycles. The highest BCUT2D eigenvalue weighted by Crippen LogP contribution is 2.29. The van der Waals surface area contributed by atoms with Crippen LogP contribution in [0.5, 0.6) is 0 Å². The molecular formula is C24H29N5. The van der Waals surface area contributed by atoms with Crippen LogP contribution in [0.2, 0.25) is 0 Å². The molecule has 0 spiro atoms. The van der Waals surface area contributed by atoms with Gasteiger partial charge < -0.3 is 15.6 Å². The average Bonchev–Trinajstić information content (AvgIpc) is 2.97. The highest BCUT2D eigenvalue weighted by atomic mass is 15.1. The van der Waals surface area contributed by atoms with Gasteiger partial charge in [0.2, 0.25) is 0 Å². The lowest BCUT2D eigenvalue weighted by Gasteiger charge is -2.20. The van der Waals surface area contributed by atoms with Gasteiger partial charge in [-0.1, -0.05) is 36.4 Å². The summed E-state index contributed by atoms with van der Waals surface area (Å²) in [6.07, 6.45) is 0. The van der Waals surface area contributed by atoms with Crippen molar-refractivity contribution in [1.82, 2.24) is 19.9 Å². The molecule has 0 radical (unpaired) electrons. The summed E-state index contributed by atoms with van der Waals surface area (Å²) in [5, 5.41) is 4.65. The summed E-state index contributed by atoms with van der Waals surface area (Å²) in [7, 11) is 0. The van der Waals surface area contributed by atoms with Crippen LogP contribution in [-0.2, 0) is 13.1 Å². The summed E-state index contributed by atoms with van der Waals surface area (Å²) in [6, 6.07) is 15.0. The molecule has 2 heterocycles. The maximum Gasteiger partial charge on any atom is 0.152 e. The average molecular weight is 388 g/mol. The Morgan fingerprint density at radius 1 is 1.00 bits per heavy atom. The van der Waals surface area contributed by atoms with Gasteiger partial charge in [-0.05, 0) is 57.4 Å². The molecule has 0 amide bonds. The van der Waals surface area contributed by atoms with E-state index < -0.39 is 0 Å². The number of nitrogen functional groups attached to an aromatic ring is 1. The molecule has 4 aromatic rings. The van der Waals surface area contributed by atoms with E-state index in [9.17, 15) is 0 Å². The number of hydrogen-bond donors (Lipinski definition) is 2. The largest absolute Gasteiger partial charge is 0.382 e. The molecule has 0 aliphatic carbocycles. The monoisotopic (exact) mass is 387 g/mol. The lowest BCUT2D eigenvalue weighted by molar-refractivity contribution is 0.424. The molecule has 5 heteroatoms. The third-order valence-electron chi connectivity index (χ3n) is 5.21. The van der Waals surface area contributed by atoms with Gasteiger partial charge in [-0.3, -0.25) is 0 Å². The first-order valence-electron chi connectivity index (χ1n) is 10.1. The first-order valence-corrected chi connectivity index (χ1v) is 10.1. The molecule has 150 valence electrons. The molecule has 0 unspecified atom stereocenters. The second kappa shape index (κ2) is 7.16. The Morgan fingerprint density at radius 3 is 2.52 bits per heavy atom. The van der Waals surface area contributed by atoms with Crippen LogP contribution in [0.4, 0.5) is 5.82 Å². The number of aryl methyl sites for hydroxylation is 2. The van der Waals surface area contributed by atoms with E-state index in [2.05, 4.69) is 85.0 Å². The Kier molecular flexibility index (Phi) is 4.79. The zero-order valence-corrected chi connectivity index (χ0v) is 17.9. The van der Waals surface area contributed by atoms with Gasteiger partial charge in [0.1, 0.15) is 11.3 Å². The van der Waals surface area contributed by atoms with Crippen LogP contribution in [0.25, 0.3) is 21.9 Å². The lowest BCUT2D eigenvalue weighted by atomic mass is 10.1. The number of benzene rings is 2. The topological polar surface area (TPSA) is 68.8 Å². The minimum Gasteiger partial charge on any atom is -0.382 e. The van der Waals surface area contributed by atoms with Gasteiger partial charge in [0.15, 0.2) is 5.82 Å². The molecule has 0 aliphatic rings. The van der Waals surface area contributed by atoms with E-state index in [1.807, 2.05) is 6.92 Å². The third kappa shape index (κ3) is 3.96.